The van der Waals surface area contributed by atoms with Gasteiger partial charge in [-0.2, -0.15) is 0 Å². The van der Waals surface area contributed by atoms with Crippen LogP contribution in [0.25, 0.3) is 0 Å². The Morgan fingerprint density at radius 2 is 2.04 bits per heavy atom. The molecule has 2 rings (SSSR count). The molecule has 0 fully saturated rings. The summed E-state index contributed by atoms with van der Waals surface area (Å²) in [5, 5.41) is 3.16. The van der Waals surface area contributed by atoms with Crippen molar-refractivity contribution in [2.45, 2.75) is 65.3 Å². The molecule has 1 amide bonds. The SMILES string of the molecule is CCCC[C@@H](C(=O)Nc1ccc2c(c1)CCCCO2)[NH+](CC)CC. The highest BCUT2D eigenvalue weighted by atomic mass is 16.5. The van der Waals surface area contributed by atoms with E-state index in [1.165, 1.54) is 10.5 Å². The minimum atomic E-state index is 0.0370. The minimum Gasteiger partial charge on any atom is -0.493 e. The van der Waals surface area contributed by atoms with Crippen LogP contribution in [0.5, 0.6) is 5.75 Å². The highest BCUT2D eigenvalue weighted by Crippen LogP contribution is 2.27. The lowest BCUT2D eigenvalue weighted by molar-refractivity contribution is -0.912. The smallest absolute Gasteiger partial charge is 0.282 e. The van der Waals surface area contributed by atoms with Gasteiger partial charge in [0.1, 0.15) is 5.75 Å². The molecule has 0 saturated heterocycles. The summed E-state index contributed by atoms with van der Waals surface area (Å²) in [4.78, 5) is 14.2. The van der Waals surface area contributed by atoms with E-state index in [0.29, 0.717) is 0 Å². The third-order valence-corrected chi connectivity index (χ3v) is 4.99. The van der Waals surface area contributed by atoms with Crippen LogP contribution in [-0.4, -0.2) is 31.6 Å². The van der Waals surface area contributed by atoms with Gasteiger partial charge < -0.3 is 15.0 Å². The van der Waals surface area contributed by atoms with E-state index in [2.05, 4.69) is 32.2 Å². The van der Waals surface area contributed by atoms with E-state index in [0.717, 1.165) is 69.7 Å². The number of aryl methyl sites for hydroxylation is 1. The molecule has 24 heavy (non-hydrogen) atoms. The molecule has 1 heterocycles. The molecule has 1 aromatic carbocycles. The molecule has 0 aromatic heterocycles. The van der Waals surface area contributed by atoms with Crippen LogP contribution in [0.2, 0.25) is 0 Å². The maximum Gasteiger partial charge on any atom is 0.282 e. The van der Waals surface area contributed by atoms with E-state index < -0.39 is 0 Å². The van der Waals surface area contributed by atoms with Crippen molar-refractivity contribution >= 4 is 11.6 Å². The number of hydrogen-bond donors (Lipinski definition) is 2. The van der Waals surface area contributed by atoms with Crippen molar-refractivity contribution in [2.24, 2.45) is 0 Å². The molecule has 4 heteroatoms. The summed E-state index contributed by atoms with van der Waals surface area (Å²) in [6.07, 6.45) is 6.45. The van der Waals surface area contributed by atoms with E-state index in [1.807, 2.05) is 12.1 Å². The predicted octanol–water partition coefficient (Wildman–Crippen LogP) is 2.82. The minimum absolute atomic E-state index is 0.0370. The van der Waals surface area contributed by atoms with Crippen LogP contribution >= 0.6 is 0 Å². The van der Waals surface area contributed by atoms with Crippen LogP contribution in [-0.2, 0) is 11.2 Å². The van der Waals surface area contributed by atoms with E-state index in [9.17, 15) is 4.79 Å². The maximum absolute atomic E-state index is 12.9. The van der Waals surface area contributed by atoms with Gasteiger partial charge in [-0.25, -0.2) is 0 Å². The number of quaternary nitrogens is 1. The molecule has 1 atom stereocenters. The number of unbranched alkanes of at least 4 members (excludes halogenated alkanes) is 1. The Kier molecular flexibility index (Phi) is 7.57. The van der Waals surface area contributed by atoms with Crippen molar-refractivity contribution in [2.75, 3.05) is 25.0 Å². The lowest BCUT2D eigenvalue weighted by Gasteiger charge is -2.26. The zero-order valence-corrected chi connectivity index (χ0v) is 15.5. The molecule has 2 N–H and O–H groups in total. The number of nitrogens with one attached hydrogen (secondary N) is 2. The van der Waals surface area contributed by atoms with Gasteiger partial charge in [0, 0.05) is 12.1 Å². The van der Waals surface area contributed by atoms with Gasteiger partial charge in [0.2, 0.25) is 0 Å². The highest BCUT2D eigenvalue weighted by molar-refractivity contribution is 5.94. The van der Waals surface area contributed by atoms with Gasteiger partial charge in [0.25, 0.3) is 5.91 Å². The number of hydrogen-bond acceptors (Lipinski definition) is 2. The van der Waals surface area contributed by atoms with Crippen LogP contribution in [0.4, 0.5) is 5.69 Å². The fraction of sp³-hybridized carbons (Fsp3) is 0.650. The number of carbonyl (C=O) groups excluding carboxylic acids is 1. The Hall–Kier alpha value is -1.55. The van der Waals surface area contributed by atoms with E-state index in [-0.39, 0.29) is 11.9 Å². The summed E-state index contributed by atoms with van der Waals surface area (Å²) in [5.74, 6) is 1.12. The number of ether oxygens (including phenoxy) is 1. The fourth-order valence-corrected chi connectivity index (χ4v) is 3.49. The standard InChI is InChI=1S/C20H32N2O2/c1-4-7-11-18(22(5-2)6-3)20(23)21-17-12-13-19-16(15-17)10-8-9-14-24-19/h12-13,15,18H,4-11,14H2,1-3H3,(H,21,23)/p+1/t18-/m0/s1. The largest absolute Gasteiger partial charge is 0.493 e. The number of rotatable bonds is 8. The first-order chi connectivity index (χ1) is 11.7. The molecule has 0 saturated carbocycles. The van der Waals surface area contributed by atoms with Gasteiger partial charge in [-0.1, -0.05) is 13.3 Å². The number of likely N-dealkylation sites (N-methyl/N-ethyl adjacent to an activating group) is 1. The lowest BCUT2D eigenvalue weighted by atomic mass is 10.1. The Labute approximate surface area is 146 Å². The van der Waals surface area contributed by atoms with Crippen molar-refractivity contribution in [3.05, 3.63) is 23.8 Å². The van der Waals surface area contributed by atoms with Gasteiger partial charge in [-0.05, 0) is 63.3 Å². The number of amides is 1. The van der Waals surface area contributed by atoms with Crippen LogP contribution in [0.1, 0.15) is 58.4 Å². The molecule has 0 bridgehead atoms. The summed E-state index contributed by atoms with van der Waals surface area (Å²) in [5.41, 5.74) is 2.11. The summed E-state index contributed by atoms with van der Waals surface area (Å²) in [7, 11) is 0. The number of benzene rings is 1. The third-order valence-electron chi connectivity index (χ3n) is 4.99. The first-order valence-corrected chi connectivity index (χ1v) is 9.60. The van der Waals surface area contributed by atoms with E-state index in [1.54, 1.807) is 0 Å². The molecule has 4 nitrogen and oxygen atoms in total. The topological polar surface area (TPSA) is 42.8 Å². The molecule has 1 aliphatic heterocycles. The number of anilines is 1. The van der Waals surface area contributed by atoms with Gasteiger partial charge in [0.05, 0.1) is 19.7 Å². The van der Waals surface area contributed by atoms with Crippen molar-refractivity contribution in [1.29, 1.82) is 0 Å². The third kappa shape index (κ3) is 4.97. The van der Waals surface area contributed by atoms with Crippen molar-refractivity contribution in [3.8, 4) is 5.75 Å². The molecule has 0 unspecified atom stereocenters. The number of fused-ring (bicyclic) bond motifs is 1. The van der Waals surface area contributed by atoms with Gasteiger partial charge >= 0.3 is 0 Å². The number of carbonyl (C=O) groups is 1. The maximum atomic E-state index is 12.9. The summed E-state index contributed by atoms with van der Waals surface area (Å²) in [6.45, 7) is 9.25. The molecular weight excluding hydrogens is 300 g/mol. The second-order valence-electron chi connectivity index (χ2n) is 6.68. The molecule has 0 aliphatic carbocycles. The first kappa shape index (κ1) is 18.8. The molecule has 0 radical (unpaired) electrons. The zero-order chi connectivity index (χ0) is 17.4. The van der Waals surface area contributed by atoms with E-state index in [4.69, 9.17) is 4.74 Å². The highest BCUT2D eigenvalue weighted by Gasteiger charge is 2.27. The molecule has 1 aliphatic rings. The fourth-order valence-electron chi connectivity index (χ4n) is 3.49. The van der Waals surface area contributed by atoms with Crippen molar-refractivity contribution in [3.63, 3.8) is 0 Å². The van der Waals surface area contributed by atoms with Crippen molar-refractivity contribution < 1.29 is 14.4 Å². The predicted molar refractivity (Wildman–Crippen MR) is 98.9 cm³/mol. The van der Waals surface area contributed by atoms with Gasteiger partial charge in [0.15, 0.2) is 6.04 Å². The molecule has 1 aromatic rings. The second-order valence-corrected chi connectivity index (χ2v) is 6.68. The summed E-state index contributed by atoms with van der Waals surface area (Å²) in [6, 6.07) is 6.10. The Morgan fingerprint density at radius 3 is 2.75 bits per heavy atom. The average Bonchev–Trinajstić information content (AvgIpc) is 2.83. The first-order valence-electron chi connectivity index (χ1n) is 9.60. The molecule has 0 spiro atoms. The Bertz CT molecular complexity index is 526. The lowest BCUT2D eigenvalue weighted by Crippen LogP contribution is -3.16. The monoisotopic (exact) mass is 333 g/mol. The molecule has 134 valence electrons. The van der Waals surface area contributed by atoms with Crippen LogP contribution in [0.3, 0.4) is 0 Å². The Morgan fingerprint density at radius 1 is 1.25 bits per heavy atom. The summed E-state index contributed by atoms with van der Waals surface area (Å²) < 4.78 is 5.77. The summed E-state index contributed by atoms with van der Waals surface area (Å²) >= 11 is 0. The van der Waals surface area contributed by atoms with E-state index >= 15 is 0 Å². The van der Waals surface area contributed by atoms with Gasteiger partial charge in [-0.3, -0.25) is 4.79 Å². The Balaban J connectivity index is 2.09. The zero-order valence-electron chi connectivity index (χ0n) is 15.5. The van der Waals surface area contributed by atoms with Gasteiger partial charge in [-0.15, -0.1) is 0 Å². The molecular formula is C20H33N2O2+. The van der Waals surface area contributed by atoms with Crippen LogP contribution in [0.15, 0.2) is 18.2 Å². The van der Waals surface area contributed by atoms with Crippen LogP contribution in [0, 0.1) is 0 Å². The normalized spacial score (nSPS) is 15.3. The quantitative estimate of drug-likeness (QED) is 0.768. The van der Waals surface area contributed by atoms with Crippen LogP contribution < -0.4 is 15.0 Å². The van der Waals surface area contributed by atoms with Crippen molar-refractivity contribution in [1.82, 2.24) is 0 Å². The second kappa shape index (κ2) is 9.67. The average molecular weight is 333 g/mol.